The first-order valence-corrected chi connectivity index (χ1v) is 14.0. The van der Waals surface area contributed by atoms with Gasteiger partial charge in [-0.1, -0.05) is 42.0 Å². The van der Waals surface area contributed by atoms with E-state index in [1.807, 2.05) is 43.3 Å². The van der Waals surface area contributed by atoms with E-state index in [4.69, 9.17) is 0 Å². The monoisotopic (exact) mass is 466 g/mol. The quantitative estimate of drug-likeness (QED) is 0.651. The number of hydrogen-bond donors (Lipinski definition) is 1. The van der Waals surface area contributed by atoms with Crippen LogP contribution in [0.1, 0.15) is 55.2 Å². The van der Waals surface area contributed by atoms with Crippen molar-refractivity contribution in [1.29, 1.82) is 0 Å². The molecule has 6 heteroatoms. The second-order valence-corrected chi connectivity index (χ2v) is 12.7. The van der Waals surface area contributed by atoms with Crippen molar-refractivity contribution in [3.8, 4) is 0 Å². The lowest BCUT2D eigenvalue weighted by molar-refractivity contribution is -0.119. The Morgan fingerprint density at radius 3 is 2.00 bits per heavy atom. The van der Waals surface area contributed by atoms with E-state index in [2.05, 4.69) is 17.4 Å². The number of carbonyl (C=O) groups is 1. The molecule has 5 nitrogen and oxygen atoms in total. The molecule has 0 unspecified atom stereocenters. The highest BCUT2D eigenvalue weighted by Crippen LogP contribution is 2.60. The molecule has 176 valence electrons. The molecule has 4 fully saturated rings. The molecule has 2 aromatic carbocycles. The zero-order valence-electron chi connectivity index (χ0n) is 19.6. The van der Waals surface area contributed by atoms with Crippen molar-refractivity contribution in [1.82, 2.24) is 5.32 Å². The smallest absolute Gasteiger partial charge is 0.241 e. The molecule has 4 aliphatic carbocycles. The van der Waals surface area contributed by atoms with E-state index >= 15 is 0 Å². The molecule has 0 aliphatic heterocycles. The Kier molecular flexibility index (Phi) is 5.76. The van der Waals surface area contributed by atoms with E-state index in [1.54, 1.807) is 0 Å². The molecule has 33 heavy (non-hydrogen) atoms. The SMILES string of the molecule is Cc1ccc(CNC(=O)CN(c2ccc(C34CC5CC(CC(C5)C3)C4)cc2)S(C)(=O)=O)cc1. The Hall–Kier alpha value is -2.34. The van der Waals surface area contributed by atoms with Gasteiger partial charge in [0.15, 0.2) is 0 Å². The van der Waals surface area contributed by atoms with Gasteiger partial charge in [0, 0.05) is 6.54 Å². The molecule has 0 aromatic heterocycles. The topological polar surface area (TPSA) is 66.5 Å². The van der Waals surface area contributed by atoms with Crippen LogP contribution in [0.25, 0.3) is 0 Å². The molecule has 4 aliphatic rings. The fraction of sp³-hybridized carbons (Fsp3) is 0.519. The normalized spacial score (nSPS) is 28.0. The second-order valence-electron chi connectivity index (χ2n) is 10.8. The maximum Gasteiger partial charge on any atom is 0.241 e. The van der Waals surface area contributed by atoms with Gasteiger partial charge in [-0.25, -0.2) is 8.42 Å². The van der Waals surface area contributed by atoms with E-state index in [-0.39, 0.29) is 17.9 Å². The van der Waals surface area contributed by atoms with Crippen molar-refractivity contribution < 1.29 is 13.2 Å². The summed E-state index contributed by atoms with van der Waals surface area (Å²) in [5, 5.41) is 2.85. The fourth-order valence-electron chi connectivity index (χ4n) is 6.94. The van der Waals surface area contributed by atoms with Gasteiger partial charge in [-0.3, -0.25) is 9.10 Å². The largest absolute Gasteiger partial charge is 0.350 e. The van der Waals surface area contributed by atoms with Crippen LogP contribution in [0.15, 0.2) is 48.5 Å². The number of anilines is 1. The highest BCUT2D eigenvalue weighted by atomic mass is 32.2. The Morgan fingerprint density at radius 2 is 1.48 bits per heavy atom. The highest BCUT2D eigenvalue weighted by Gasteiger charge is 2.51. The number of hydrogen-bond acceptors (Lipinski definition) is 3. The summed E-state index contributed by atoms with van der Waals surface area (Å²) in [7, 11) is -3.59. The molecule has 4 saturated carbocycles. The summed E-state index contributed by atoms with van der Waals surface area (Å²) >= 11 is 0. The minimum atomic E-state index is -3.59. The minimum Gasteiger partial charge on any atom is -0.350 e. The van der Waals surface area contributed by atoms with Crippen LogP contribution < -0.4 is 9.62 Å². The van der Waals surface area contributed by atoms with Gasteiger partial charge < -0.3 is 5.32 Å². The van der Waals surface area contributed by atoms with Crippen molar-refractivity contribution in [2.24, 2.45) is 17.8 Å². The van der Waals surface area contributed by atoms with Gasteiger partial charge in [-0.15, -0.1) is 0 Å². The lowest BCUT2D eigenvalue weighted by atomic mass is 9.48. The number of aryl methyl sites for hydroxylation is 1. The average Bonchev–Trinajstić information content (AvgIpc) is 2.75. The molecular weight excluding hydrogens is 432 g/mol. The molecule has 6 rings (SSSR count). The van der Waals surface area contributed by atoms with Gasteiger partial charge in [-0.2, -0.15) is 0 Å². The predicted octanol–water partition coefficient (Wildman–Crippen LogP) is 4.55. The lowest BCUT2D eigenvalue weighted by Gasteiger charge is -2.57. The Morgan fingerprint density at radius 1 is 0.939 bits per heavy atom. The van der Waals surface area contributed by atoms with Gasteiger partial charge in [0.2, 0.25) is 15.9 Å². The van der Waals surface area contributed by atoms with Crippen LogP contribution in [-0.2, 0) is 26.8 Å². The summed E-state index contributed by atoms with van der Waals surface area (Å²) in [5.41, 5.74) is 4.32. The van der Waals surface area contributed by atoms with Crippen molar-refractivity contribution >= 4 is 21.6 Å². The summed E-state index contributed by atoms with van der Waals surface area (Å²) in [4.78, 5) is 12.6. The standard InChI is InChI=1S/C27H34N2O3S/c1-19-3-5-20(6-4-19)17-28-26(30)18-29(33(2,31)32)25-9-7-24(8-10-25)27-14-21-11-22(15-27)13-23(12-21)16-27/h3-10,21-23H,11-18H2,1-2H3,(H,28,30). The van der Waals surface area contributed by atoms with Crippen LogP contribution in [0.5, 0.6) is 0 Å². The molecule has 2 aromatic rings. The molecule has 1 amide bonds. The first-order chi connectivity index (χ1) is 15.7. The molecular formula is C27H34N2O3S. The fourth-order valence-corrected chi connectivity index (χ4v) is 7.79. The summed E-state index contributed by atoms with van der Waals surface area (Å²) in [6.07, 6.45) is 9.18. The zero-order valence-corrected chi connectivity index (χ0v) is 20.4. The van der Waals surface area contributed by atoms with E-state index in [1.165, 1.54) is 48.4 Å². The number of carbonyl (C=O) groups excluding carboxylic acids is 1. The number of benzene rings is 2. The zero-order chi connectivity index (χ0) is 23.2. The third-order valence-electron chi connectivity index (χ3n) is 8.10. The highest BCUT2D eigenvalue weighted by molar-refractivity contribution is 7.92. The van der Waals surface area contributed by atoms with E-state index in [0.29, 0.717) is 12.2 Å². The first kappa shape index (κ1) is 22.5. The number of nitrogens with zero attached hydrogens (tertiary/aromatic N) is 1. The van der Waals surface area contributed by atoms with Gasteiger partial charge in [0.05, 0.1) is 11.9 Å². The number of rotatable bonds is 7. The maximum absolute atomic E-state index is 12.6. The molecule has 0 saturated heterocycles. The average molecular weight is 467 g/mol. The Labute approximate surface area is 197 Å². The van der Waals surface area contributed by atoms with Crippen LogP contribution >= 0.6 is 0 Å². The Balaban J connectivity index is 1.29. The van der Waals surface area contributed by atoms with Crippen LogP contribution in [-0.4, -0.2) is 27.1 Å². The molecule has 0 atom stereocenters. The van der Waals surface area contributed by atoms with Crippen LogP contribution in [0.3, 0.4) is 0 Å². The predicted molar refractivity (Wildman–Crippen MR) is 132 cm³/mol. The molecule has 0 heterocycles. The summed E-state index contributed by atoms with van der Waals surface area (Å²) < 4.78 is 26.3. The third-order valence-corrected chi connectivity index (χ3v) is 9.24. The number of sulfonamides is 1. The minimum absolute atomic E-state index is 0.221. The summed E-state index contributed by atoms with van der Waals surface area (Å²) in [6.45, 7) is 2.17. The second kappa shape index (κ2) is 8.46. The van der Waals surface area contributed by atoms with E-state index in [0.717, 1.165) is 35.1 Å². The molecule has 1 N–H and O–H groups in total. The molecule has 0 radical (unpaired) electrons. The first-order valence-electron chi connectivity index (χ1n) is 12.1. The van der Waals surface area contributed by atoms with Crippen molar-refractivity contribution in [3.05, 3.63) is 65.2 Å². The maximum atomic E-state index is 12.6. The van der Waals surface area contributed by atoms with Crippen LogP contribution in [0.2, 0.25) is 0 Å². The van der Waals surface area contributed by atoms with Gasteiger partial charge in [0.1, 0.15) is 6.54 Å². The van der Waals surface area contributed by atoms with E-state index in [9.17, 15) is 13.2 Å². The third kappa shape index (κ3) is 4.68. The summed E-state index contributed by atoms with van der Waals surface area (Å²) in [6, 6.07) is 15.9. The van der Waals surface area contributed by atoms with Crippen molar-refractivity contribution in [3.63, 3.8) is 0 Å². The van der Waals surface area contributed by atoms with Gasteiger partial charge in [-0.05, 0) is 91.9 Å². The van der Waals surface area contributed by atoms with Gasteiger partial charge in [0.25, 0.3) is 0 Å². The Bertz CT molecular complexity index is 1090. The summed E-state index contributed by atoms with van der Waals surface area (Å²) in [5.74, 6) is 2.27. The molecule has 4 bridgehead atoms. The van der Waals surface area contributed by atoms with E-state index < -0.39 is 10.0 Å². The lowest BCUT2D eigenvalue weighted by Crippen LogP contribution is -2.48. The number of amides is 1. The van der Waals surface area contributed by atoms with Crippen molar-refractivity contribution in [2.75, 3.05) is 17.1 Å². The molecule has 0 spiro atoms. The van der Waals surface area contributed by atoms with Crippen LogP contribution in [0, 0.1) is 24.7 Å². The van der Waals surface area contributed by atoms with Crippen molar-refractivity contribution in [2.45, 2.75) is 57.4 Å². The van der Waals surface area contributed by atoms with Crippen LogP contribution in [0.4, 0.5) is 5.69 Å². The number of nitrogens with one attached hydrogen (secondary N) is 1. The van der Waals surface area contributed by atoms with Gasteiger partial charge >= 0.3 is 0 Å².